The Morgan fingerprint density at radius 1 is 1.19 bits per heavy atom. The smallest absolute Gasteiger partial charge is 0.545 e. The number of aliphatic hydroxyl groups is 1. The van der Waals surface area contributed by atoms with Crippen LogP contribution in [0.25, 0.3) is 27.4 Å². The average molecular weight is 513 g/mol. The predicted octanol–water partition coefficient (Wildman–Crippen LogP) is 1.01. The van der Waals surface area contributed by atoms with Crippen LogP contribution in [0.5, 0.6) is 5.75 Å². The van der Waals surface area contributed by atoms with E-state index in [0.29, 0.717) is 6.54 Å². The van der Waals surface area contributed by atoms with Crippen LogP contribution in [-0.2, 0) is 11.2 Å². The van der Waals surface area contributed by atoms with Crippen LogP contribution in [0, 0.1) is 0 Å². The largest absolute Gasteiger partial charge is 1.00 e. The van der Waals surface area contributed by atoms with E-state index in [1.54, 1.807) is 11.3 Å². The van der Waals surface area contributed by atoms with E-state index in [1.165, 1.54) is 6.08 Å². The molecule has 0 saturated heterocycles. The zero-order valence-electron chi connectivity index (χ0n) is 20.8. The number of aromatic nitrogens is 1. The van der Waals surface area contributed by atoms with Crippen molar-refractivity contribution >= 4 is 34.3 Å². The molecule has 2 heterocycles. The zero-order chi connectivity index (χ0) is 24.8. The summed E-state index contributed by atoms with van der Waals surface area (Å²) in [6.07, 6.45) is 4.56. The van der Waals surface area contributed by atoms with Gasteiger partial charge >= 0.3 is 29.6 Å². The van der Waals surface area contributed by atoms with E-state index in [1.807, 2.05) is 60.1 Å². The SMILES string of the molecule is CC(C)(Cc1c[nH]c2c(/C=C/C(=O)[O-])cccc12)NC[C@H](O)COc1ccccc1-c1cccs1.[Na+]. The number of fused-ring (bicyclic) bond motifs is 1. The summed E-state index contributed by atoms with van der Waals surface area (Å²) in [5.41, 5.74) is 3.52. The van der Waals surface area contributed by atoms with E-state index in [0.717, 1.165) is 50.7 Å². The second kappa shape index (κ2) is 12.7. The van der Waals surface area contributed by atoms with Crippen LogP contribution >= 0.6 is 11.3 Å². The van der Waals surface area contributed by atoms with Crippen LogP contribution in [0.1, 0.15) is 25.0 Å². The molecule has 2 aromatic carbocycles. The number of hydrogen-bond acceptors (Lipinski definition) is 6. The summed E-state index contributed by atoms with van der Waals surface area (Å²) in [6.45, 7) is 4.75. The second-order valence-electron chi connectivity index (χ2n) is 9.12. The maximum Gasteiger partial charge on any atom is 1.00 e. The number of β-amino-alcohol motifs (C(OH)–C–C–N with tert-alkyl or cyclic N) is 1. The number of thiophene rings is 1. The number of carbonyl (C=O) groups is 1. The molecule has 0 unspecified atom stereocenters. The van der Waals surface area contributed by atoms with E-state index < -0.39 is 12.1 Å². The number of hydrogen-bond donors (Lipinski definition) is 3. The van der Waals surface area contributed by atoms with Crippen molar-refractivity contribution in [1.82, 2.24) is 10.3 Å². The Labute approximate surface area is 237 Å². The molecule has 8 heteroatoms. The van der Waals surface area contributed by atoms with Crippen molar-refractivity contribution in [3.05, 3.63) is 83.4 Å². The molecule has 3 N–H and O–H groups in total. The van der Waals surface area contributed by atoms with Gasteiger partial charge in [0.1, 0.15) is 18.5 Å². The number of carboxylic acid groups (broad SMARTS) is 1. The van der Waals surface area contributed by atoms with E-state index in [2.05, 4.69) is 30.2 Å². The van der Waals surface area contributed by atoms with Gasteiger partial charge in [0.2, 0.25) is 0 Å². The van der Waals surface area contributed by atoms with Crippen molar-refractivity contribution in [2.45, 2.75) is 31.9 Å². The molecule has 4 aromatic rings. The van der Waals surface area contributed by atoms with Gasteiger partial charge < -0.3 is 30.0 Å². The van der Waals surface area contributed by atoms with Gasteiger partial charge in [0.15, 0.2) is 0 Å². The number of benzene rings is 2. The number of rotatable bonds is 11. The van der Waals surface area contributed by atoms with Crippen molar-refractivity contribution < 1.29 is 49.3 Å². The number of ether oxygens (including phenoxy) is 1. The Bertz CT molecular complexity index is 1310. The van der Waals surface area contributed by atoms with E-state index >= 15 is 0 Å². The Hall–Kier alpha value is -2.39. The van der Waals surface area contributed by atoms with Crippen LogP contribution in [0.4, 0.5) is 0 Å². The molecule has 0 amide bonds. The number of aromatic amines is 1. The molecule has 4 rings (SSSR count). The Morgan fingerprint density at radius 3 is 2.75 bits per heavy atom. The second-order valence-corrected chi connectivity index (χ2v) is 10.1. The van der Waals surface area contributed by atoms with E-state index in [4.69, 9.17) is 4.74 Å². The molecule has 0 saturated carbocycles. The molecule has 0 spiro atoms. The van der Waals surface area contributed by atoms with Gasteiger partial charge in [-0.05, 0) is 61.1 Å². The molecule has 6 nitrogen and oxygen atoms in total. The maximum absolute atomic E-state index is 10.8. The quantitative estimate of drug-likeness (QED) is 0.206. The fraction of sp³-hybridized carbons (Fsp3) is 0.250. The number of aliphatic hydroxyl groups excluding tert-OH is 1. The van der Waals surface area contributed by atoms with Gasteiger partial charge in [-0.2, -0.15) is 0 Å². The number of carbonyl (C=O) groups excluding carboxylic acids is 1. The third kappa shape index (κ3) is 7.32. The number of carboxylic acids is 1. The molecule has 0 bridgehead atoms. The molecule has 36 heavy (non-hydrogen) atoms. The van der Waals surface area contributed by atoms with Crippen LogP contribution in [0.2, 0.25) is 0 Å². The molecule has 0 aliphatic carbocycles. The first-order chi connectivity index (χ1) is 16.8. The van der Waals surface area contributed by atoms with E-state index in [-0.39, 0.29) is 41.7 Å². The normalized spacial score (nSPS) is 12.5. The first-order valence-electron chi connectivity index (χ1n) is 11.5. The Morgan fingerprint density at radius 2 is 2.00 bits per heavy atom. The first kappa shape index (κ1) is 28.2. The van der Waals surface area contributed by atoms with Gasteiger partial charge in [-0.1, -0.05) is 42.5 Å². The Kier molecular flexibility index (Phi) is 9.96. The summed E-state index contributed by atoms with van der Waals surface area (Å²) in [4.78, 5) is 15.2. The zero-order valence-corrected chi connectivity index (χ0v) is 23.6. The minimum atomic E-state index is -1.23. The molecule has 0 aliphatic heterocycles. The van der Waals surface area contributed by atoms with Crippen LogP contribution in [0.15, 0.2) is 72.3 Å². The van der Waals surface area contributed by atoms with Crippen LogP contribution in [-0.4, -0.2) is 40.9 Å². The number of para-hydroxylation sites is 2. The average Bonchev–Trinajstić information content (AvgIpc) is 3.51. The minimum Gasteiger partial charge on any atom is -0.545 e. The molecular formula is C28H29N2NaO4S. The molecule has 2 aromatic heterocycles. The summed E-state index contributed by atoms with van der Waals surface area (Å²) in [6, 6.07) is 17.7. The third-order valence-electron chi connectivity index (χ3n) is 5.79. The van der Waals surface area contributed by atoms with Gasteiger partial charge in [0, 0.05) is 34.1 Å². The minimum absolute atomic E-state index is 0. The Balaban J connectivity index is 0.00000361. The van der Waals surface area contributed by atoms with Crippen molar-refractivity contribution in [2.75, 3.05) is 13.2 Å². The summed E-state index contributed by atoms with van der Waals surface area (Å²) < 4.78 is 5.96. The topological polar surface area (TPSA) is 97.4 Å². The summed E-state index contributed by atoms with van der Waals surface area (Å²) >= 11 is 1.66. The molecule has 1 atom stereocenters. The molecule has 182 valence electrons. The summed E-state index contributed by atoms with van der Waals surface area (Å²) in [5, 5.41) is 27.9. The van der Waals surface area contributed by atoms with Gasteiger partial charge in [-0.25, -0.2) is 0 Å². The number of H-pyrrole nitrogens is 1. The third-order valence-corrected chi connectivity index (χ3v) is 6.69. The summed E-state index contributed by atoms with van der Waals surface area (Å²) in [5.74, 6) is -0.466. The van der Waals surface area contributed by atoms with Gasteiger partial charge in [-0.15, -0.1) is 11.3 Å². The predicted molar refractivity (Wildman–Crippen MR) is 139 cm³/mol. The van der Waals surface area contributed by atoms with Crippen LogP contribution < -0.4 is 44.7 Å². The van der Waals surface area contributed by atoms with Crippen molar-refractivity contribution in [2.24, 2.45) is 0 Å². The molecule has 0 fully saturated rings. The monoisotopic (exact) mass is 512 g/mol. The van der Waals surface area contributed by atoms with Gasteiger partial charge in [-0.3, -0.25) is 0 Å². The van der Waals surface area contributed by atoms with Crippen LogP contribution in [0.3, 0.4) is 0 Å². The molecular weight excluding hydrogens is 483 g/mol. The van der Waals surface area contributed by atoms with Gasteiger partial charge in [0.25, 0.3) is 0 Å². The van der Waals surface area contributed by atoms with E-state index in [9.17, 15) is 15.0 Å². The van der Waals surface area contributed by atoms with Gasteiger partial charge in [0.05, 0.1) is 11.5 Å². The fourth-order valence-electron chi connectivity index (χ4n) is 4.08. The van der Waals surface area contributed by atoms with Crippen molar-refractivity contribution in [3.63, 3.8) is 0 Å². The standard InChI is InChI=1S/C28H30N2O4S.Na/c1-28(2,15-20-16-29-27-19(12-13-26(32)33)7-5-9-22(20)27)30-17-21(31)18-34-24-10-4-3-8-23(24)25-11-6-14-35-25;/h3-14,16,21,29-31H,15,17-18H2,1-2H3,(H,32,33);/q;+1/p-1/b13-12+;/t21-;/m0./s1. The fourth-order valence-corrected chi connectivity index (χ4v) is 4.84. The number of nitrogens with one attached hydrogen (secondary N) is 2. The first-order valence-corrected chi connectivity index (χ1v) is 12.4. The van der Waals surface area contributed by atoms with Crippen molar-refractivity contribution in [3.8, 4) is 16.2 Å². The number of aliphatic carboxylic acids is 1. The maximum atomic E-state index is 10.8. The summed E-state index contributed by atoms with van der Waals surface area (Å²) in [7, 11) is 0. The van der Waals surface area contributed by atoms with Crippen molar-refractivity contribution in [1.29, 1.82) is 0 Å². The molecule has 0 aliphatic rings. The molecule has 0 radical (unpaired) electrons.